The Morgan fingerprint density at radius 3 is 2.74 bits per heavy atom. The molecule has 1 aliphatic heterocycles. The Bertz CT molecular complexity index is 267. The van der Waals surface area contributed by atoms with E-state index < -0.39 is 0 Å². The van der Waals surface area contributed by atoms with Gasteiger partial charge in [0.25, 0.3) is 0 Å². The van der Waals surface area contributed by atoms with Crippen LogP contribution in [0.25, 0.3) is 0 Å². The number of amides is 1. The first-order valence-electron chi connectivity index (χ1n) is 7.44. The topological polar surface area (TPSA) is 58.8 Å². The number of hydrogen-bond acceptors (Lipinski definition) is 4. The second-order valence-corrected chi connectivity index (χ2v) is 5.33. The number of likely N-dealkylation sites (N-methyl/N-ethyl adjacent to an activating group) is 1. The van der Waals surface area contributed by atoms with Gasteiger partial charge in [-0.05, 0) is 26.4 Å². The molecule has 0 aromatic heterocycles. The van der Waals surface area contributed by atoms with E-state index in [1.54, 1.807) is 0 Å². The summed E-state index contributed by atoms with van der Waals surface area (Å²) in [6.07, 6.45) is 1.59. The first kappa shape index (κ1) is 16.4. The Hall–Kier alpha value is -0.650. The molecule has 0 aromatic carbocycles. The van der Waals surface area contributed by atoms with Crippen molar-refractivity contribution in [2.45, 2.75) is 45.8 Å². The van der Waals surface area contributed by atoms with Crippen LogP contribution in [0.2, 0.25) is 0 Å². The van der Waals surface area contributed by atoms with Gasteiger partial charge in [-0.2, -0.15) is 0 Å². The highest BCUT2D eigenvalue weighted by molar-refractivity contribution is 5.77. The fourth-order valence-electron chi connectivity index (χ4n) is 2.38. The van der Waals surface area contributed by atoms with E-state index in [0.29, 0.717) is 6.42 Å². The lowest BCUT2D eigenvalue weighted by Gasteiger charge is -2.20. The first-order chi connectivity index (χ1) is 9.06. The minimum atomic E-state index is -0.0601. The third kappa shape index (κ3) is 5.89. The van der Waals surface area contributed by atoms with Crippen LogP contribution < -0.4 is 5.73 Å². The molecule has 0 saturated carbocycles. The molecule has 0 aromatic rings. The molecule has 1 heterocycles. The highest BCUT2D eigenvalue weighted by Gasteiger charge is 2.26. The summed E-state index contributed by atoms with van der Waals surface area (Å²) in [7, 11) is 0. The van der Waals surface area contributed by atoms with Crippen molar-refractivity contribution in [2.75, 3.05) is 39.3 Å². The van der Waals surface area contributed by atoms with E-state index in [9.17, 15) is 4.79 Å². The zero-order valence-corrected chi connectivity index (χ0v) is 12.6. The predicted molar refractivity (Wildman–Crippen MR) is 77.0 cm³/mol. The van der Waals surface area contributed by atoms with Crippen molar-refractivity contribution in [2.24, 2.45) is 5.73 Å². The molecule has 1 rings (SSSR count). The molecule has 2 atom stereocenters. The molecule has 1 saturated heterocycles. The van der Waals surface area contributed by atoms with Gasteiger partial charge in [-0.1, -0.05) is 13.8 Å². The molecule has 19 heavy (non-hydrogen) atoms. The summed E-state index contributed by atoms with van der Waals surface area (Å²) in [5.74, 6) is 0.157. The number of ether oxygens (including phenoxy) is 1. The second-order valence-electron chi connectivity index (χ2n) is 5.33. The Labute approximate surface area is 117 Å². The van der Waals surface area contributed by atoms with Gasteiger partial charge in [0.2, 0.25) is 5.91 Å². The first-order valence-corrected chi connectivity index (χ1v) is 7.44. The lowest BCUT2D eigenvalue weighted by molar-refractivity contribution is -0.130. The molecule has 0 radical (unpaired) electrons. The molecule has 112 valence electrons. The molecule has 2 N–H and O–H groups in total. The SMILES string of the molecule is CCN(CC)CCOC1CCN(C(=O)CC(C)N)C1. The van der Waals surface area contributed by atoms with Gasteiger partial charge >= 0.3 is 0 Å². The van der Waals surface area contributed by atoms with Gasteiger partial charge in [-0.15, -0.1) is 0 Å². The molecule has 1 amide bonds. The standard InChI is InChI=1S/C14H29N3O2/c1-4-16(5-2)8-9-19-13-6-7-17(11-13)14(18)10-12(3)15/h12-13H,4-11,15H2,1-3H3. The average molecular weight is 271 g/mol. The van der Waals surface area contributed by atoms with Crippen LogP contribution in [0.4, 0.5) is 0 Å². The monoisotopic (exact) mass is 271 g/mol. The van der Waals surface area contributed by atoms with Crippen molar-refractivity contribution in [1.82, 2.24) is 9.80 Å². The lowest BCUT2D eigenvalue weighted by Crippen LogP contribution is -2.34. The van der Waals surface area contributed by atoms with Gasteiger partial charge in [0, 0.05) is 32.1 Å². The molecular formula is C14H29N3O2. The van der Waals surface area contributed by atoms with Crippen molar-refractivity contribution in [3.8, 4) is 0 Å². The van der Waals surface area contributed by atoms with Gasteiger partial charge in [-0.25, -0.2) is 0 Å². The lowest BCUT2D eigenvalue weighted by atomic mass is 10.2. The minimum absolute atomic E-state index is 0.0601. The zero-order chi connectivity index (χ0) is 14.3. The summed E-state index contributed by atoms with van der Waals surface area (Å²) >= 11 is 0. The van der Waals surface area contributed by atoms with Crippen LogP contribution in [0, 0.1) is 0 Å². The highest BCUT2D eigenvalue weighted by Crippen LogP contribution is 2.14. The third-order valence-electron chi connectivity index (χ3n) is 3.65. The molecule has 1 aliphatic rings. The maximum Gasteiger partial charge on any atom is 0.224 e. The van der Waals surface area contributed by atoms with Crippen LogP contribution in [0.3, 0.4) is 0 Å². The van der Waals surface area contributed by atoms with Gasteiger partial charge in [0.05, 0.1) is 12.7 Å². The van der Waals surface area contributed by atoms with E-state index >= 15 is 0 Å². The van der Waals surface area contributed by atoms with E-state index in [1.165, 1.54) is 0 Å². The van der Waals surface area contributed by atoms with Gasteiger partial charge in [0.15, 0.2) is 0 Å². The Balaban J connectivity index is 2.19. The van der Waals surface area contributed by atoms with Crippen molar-refractivity contribution in [3.63, 3.8) is 0 Å². The van der Waals surface area contributed by atoms with E-state index in [1.807, 2.05) is 11.8 Å². The second kappa shape index (κ2) is 8.51. The number of carbonyl (C=O) groups excluding carboxylic acids is 1. The summed E-state index contributed by atoms with van der Waals surface area (Å²) in [6.45, 7) is 11.6. The van der Waals surface area contributed by atoms with Gasteiger partial charge in [-0.3, -0.25) is 4.79 Å². The van der Waals surface area contributed by atoms with Crippen LogP contribution >= 0.6 is 0 Å². The number of rotatable bonds is 8. The van der Waals surface area contributed by atoms with E-state index in [4.69, 9.17) is 10.5 Å². The van der Waals surface area contributed by atoms with Gasteiger partial charge in [0.1, 0.15) is 0 Å². The molecule has 5 heteroatoms. The largest absolute Gasteiger partial charge is 0.375 e. The number of likely N-dealkylation sites (tertiary alicyclic amines) is 1. The molecule has 0 spiro atoms. The van der Waals surface area contributed by atoms with Crippen molar-refractivity contribution in [1.29, 1.82) is 0 Å². The van der Waals surface area contributed by atoms with E-state index in [-0.39, 0.29) is 18.1 Å². The summed E-state index contributed by atoms with van der Waals surface area (Å²) in [6, 6.07) is -0.0601. The number of nitrogens with two attached hydrogens (primary N) is 1. The maximum absolute atomic E-state index is 11.9. The Morgan fingerprint density at radius 1 is 1.47 bits per heavy atom. The Kier molecular flexibility index (Phi) is 7.34. The molecule has 5 nitrogen and oxygen atoms in total. The van der Waals surface area contributed by atoms with E-state index in [2.05, 4.69) is 18.7 Å². The van der Waals surface area contributed by atoms with Gasteiger partial charge < -0.3 is 20.3 Å². The summed E-state index contributed by atoms with van der Waals surface area (Å²) < 4.78 is 5.86. The smallest absolute Gasteiger partial charge is 0.224 e. The minimum Gasteiger partial charge on any atom is -0.375 e. The summed E-state index contributed by atoms with van der Waals surface area (Å²) in [5, 5.41) is 0. The summed E-state index contributed by atoms with van der Waals surface area (Å²) in [5.41, 5.74) is 5.66. The van der Waals surface area contributed by atoms with Crippen LogP contribution in [-0.4, -0.2) is 67.2 Å². The third-order valence-corrected chi connectivity index (χ3v) is 3.65. The van der Waals surface area contributed by atoms with Crippen LogP contribution in [0.1, 0.15) is 33.6 Å². The molecule has 1 fully saturated rings. The molecular weight excluding hydrogens is 242 g/mol. The molecule has 2 unspecified atom stereocenters. The number of carbonyl (C=O) groups is 1. The highest BCUT2D eigenvalue weighted by atomic mass is 16.5. The normalized spacial score (nSPS) is 21.1. The zero-order valence-electron chi connectivity index (χ0n) is 12.6. The molecule has 0 bridgehead atoms. The van der Waals surface area contributed by atoms with Crippen LogP contribution in [-0.2, 0) is 9.53 Å². The maximum atomic E-state index is 11.9. The predicted octanol–water partition coefficient (Wildman–Crippen LogP) is 0.683. The number of hydrogen-bond donors (Lipinski definition) is 1. The number of nitrogens with zero attached hydrogens (tertiary/aromatic N) is 2. The van der Waals surface area contributed by atoms with Crippen LogP contribution in [0.5, 0.6) is 0 Å². The van der Waals surface area contributed by atoms with E-state index in [0.717, 1.165) is 45.8 Å². The van der Waals surface area contributed by atoms with Crippen molar-refractivity contribution in [3.05, 3.63) is 0 Å². The quantitative estimate of drug-likeness (QED) is 0.705. The fourth-order valence-corrected chi connectivity index (χ4v) is 2.38. The summed E-state index contributed by atoms with van der Waals surface area (Å²) in [4.78, 5) is 16.1. The van der Waals surface area contributed by atoms with Crippen LogP contribution in [0.15, 0.2) is 0 Å². The Morgan fingerprint density at radius 2 is 2.16 bits per heavy atom. The van der Waals surface area contributed by atoms with Crippen molar-refractivity contribution < 1.29 is 9.53 Å². The average Bonchev–Trinajstić information content (AvgIpc) is 2.83. The van der Waals surface area contributed by atoms with Crippen molar-refractivity contribution >= 4 is 5.91 Å². The fraction of sp³-hybridized carbons (Fsp3) is 0.929. The molecule has 0 aliphatic carbocycles.